The molecule has 0 radical (unpaired) electrons. The summed E-state index contributed by atoms with van der Waals surface area (Å²) in [5.74, 6) is -0.0883. The third-order valence-electron chi connectivity index (χ3n) is 2.16. The van der Waals surface area contributed by atoms with Gasteiger partial charge in [0.2, 0.25) is 0 Å². The van der Waals surface area contributed by atoms with E-state index in [0.717, 1.165) is 0 Å². The molecule has 0 amide bonds. The molecule has 15 heavy (non-hydrogen) atoms. The van der Waals surface area contributed by atoms with Gasteiger partial charge in [0, 0.05) is 0 Å². The predicted octanol–water partition coefficient (Wildman–Crippen LogP) is 1.72. The van der Waals surface area contributed by atoms with Crippen LogP contribution in [0.15, 0.2) is 30.3 Å². The van der Waals surface area contributed by atoms with E-state index < -0.39 is 15.3 Å². The van der Waals surface area contributed by atoms with Crippen molar-refractivity contribution in [2.45, 2.75) is 31.0 Å². The molecule has 84 valence electrons. The summed E-state index contributed by atoms with van der Waals surface area (Å²) in [5.41, 5.74) is -0.518. The molecule has 3 nitrogen and oxygen atoms in total. The first-order valence-corrected chi connectivity index (χ1v) is 6.71. The number of sulfone groups is 1. The Morgan fingerprint density at radius 2 is 1.87 bits per heavy atom. The molecule has 0 heterocycles. The van der Waals surface area contributed by atoms with Gasteiger partial charge < -0.3 is 5.11 Å². The average Bonchev–Trinajstić information content (AvgIpc) is 2.19. The van der Waals surface area contributed by atoms with Crippen LogP contribution in [0.25, 0.3) is 0 Å². The number of benzene rings is 1. The fourth-order valence-corrected chi connectivity index (χ4v) is 2.77. The Morgan fingerprint density at radius 1 is 1.27 bits per heavy atom. The van der Waals surface area contributed by atoms with Gasteiger partial charge in [0.05, 0.1) is 5.75 Å². The fraction of sp³-hybridized carbons (Fsp3) is 0.455. The highest BCUT2D eigenvalue weighted by Gasteiger charge is 2.21. The SMILES string of the molecule is CCCC(O)S(=O)(=O)Cc1ccccc1. The van der Waals surface area contributed by atoms with Crippen molar-refractivity contribution in [2.24, 2.45) is 0 Å². The van der Waals surface area contributed by atoms with Crippen LogP contribution in [0.2, 0.25) is 0 Å². The molecule has 1 aromatic carbocycles. The largest absolute Gasteiger partial charge is 0.377 e. The monoisotopic (exact) mass is 228 g/mol. The van der Waals surface area contributed by atoms with Crippen molar-refractivity contribution in [1.82, 2.24) is 0 Å². The topological polar surface area (TPSA) is 54.4 Å². The number of hydrogen-bond donors (Lipinski definition) is 1. The molecule has 1 N–H and O–H groups in total. The summed E-state index contributed by atoms with van der Waals surface area (Å²) in [4.78, 5) is 0. The van der Waals surface area contributed by atoms with Gasteiger partial charge in [0.1, 0.15) is 0 Å². The number of hydrogen-bond acceptors (Lipinski definition) is 3. The molecular formula is C11H16O3S. The summed E-state index contributed by atoms with van der Waals surface area (Å²) < 4.78 is 23.3. The molecule has 0 aliphatic rings. The van der Waals surface area contributed by atoms with E-state index in [1.807, 2.05) is 13.0 Å². The van der Waals surface area contributed by atoms with Crippen LogP contribution in [0.4, 0.5) is 0 Å². The second kappa shape index (κ2) is 5.28. The minimum atomic E-state index is -3.42. The molecule has 0 aliphatic heterocycles. The van der Waals surface area contributed by atoms with Gasteiger partial charge in [0.15, 0.2) is 15.3 Å². The highest BCUT2D eigenvalue weighted by Crippen LogP contribution is 2.12. The Morgan fingerprint density at radius 3 is 2.40 bits per heavy atom. The number of rotatable bonds is 5. The summed E-state index contributed by atoms with van der Waals surface area (Å²) in [5, 5.41) is 9.45. The second-order valence-corrected chi connectivity index (χ2v) is 5.69. The van der Waals surface area contributed by atoms with Crippen LogP contribution in [0.1, 0.15) is 25.3 Å². The highest BCUT2D eigenvalue weighted by molar-refractivity contribution is 7.91. The molecule has 0 spiro atoms. The molecule has 0 fully saturated rings. The standard InChI is InChI=1S/C11H16O3S/c1-2-6-11(12)15(13,14)9-10-7-4-3-5-8-10/h3-5,7-8,11-12H,2,6,9H2,1H3. The normalized spacial score (nSPS) is 13.7. The summed E-state index contributed by atoms with van der Waals surface area (Å²) in [6.07, 6.45) is 0.963. The first-order valence-electron chi connectivity index (χ1n) is 5.00. The van der Waals surface area contributed by atoms with Crippen molar-refractivity contribution in [3.63, 3.8) is 0 Å². The third kappa shape index (κ3) is 3.64. The quantitative estimate of drug-likeness (QED) is 0.835. The smallest absolute Gasteiger partial charge is 0.180 e. The van der Waals surface area contributed by atoms with Crippen LogP contribution in [-0.4, -0.2) is 19.0 Å². The average molecular weight is 228 g/mol. The summed E-state index contributed by atoms with van der Waals surface area (Å²) in [7, 11) is -3.42. The van der Waals surface area contributed by atoms with Crippen LogP contribution in [0.3, 0.4) is 0 Å². The van der Waals surface area contributed by atoms with Gasteiger partial charge in [-0.3, -0.25) is 0 Å². The Hall–Kier alpha value is -0.870. The molecule has 0 saturated carbocycles. The van der Waals surface area contributed by atoms with Gasteiger partial charge in [-0.2, -0.15) is 0 Å². The van der Waals surface area contributed by atoms with E-state index in [9.17, 15) is 13.5 Å². The van der Waals surface area contributed by atoms with Crippen LogP contribution in [0.5, 0.6) is 0 Å². The van der Waals surface area contributed by atoms with E-state index in [4.69, 9.17) is 0 Å². The van der Waals surface area contributed by atoms with E-state index in [1.54, 1.807) is 24.3 Å². The molecule has 0 aliphatic carbocycles. The lowest BCUT2D eigenvalue weighted by molar-refractivity contribution is 0.237. The molecule has 1 aromatic rings. The Labute approximate surface area is 90.7 Å². The lowest BCUT2D eigenvalue weighted by Crippen LogP contribution is -2.22. The van der Waals surface area contributed by atoms with Crippen LogP contribution >= 0.6 is 0 Å². The Bertz CT molecular complexity index is 384. The molecule has 1 unspecified atom stereocenters. The van der Waals surface area contributed by atoms with Crippen molar-refractivity contribution in [1.29, 1.82) is 0 Å². The molecule has 0 aromatic heterocycles. The van der Waals surface area contributed by atoms with E-state index in [2.05, 4.69) is 0 Å². The van der Waals surface area contributed by atoms with Crippen molar-refractivity contribution >= 4 is 9.84 Å². The maximum absolute atomic E-state index is 11.6. The first-order chi connectivity index (χ1) is 7.06. The van der Waals surface area contributed by atoms with Crippen molar-refractivity contribution in [3.8, 4) is 0 Å². The first kappa shape index (κ1) is 12.2. The van der Waals surface area contributed by atoms with Gasteiger partial charge >= 0.3 is 0 Å². The van der Waals surface area contributed by atoms with Gasteiger partial charge in [-0.1, -0.05) is 43.7 Å². The lowest BCUT2D eigenvalue weighted by atomic mass is 10.2. The lowest BCUT2D eigenvalue weighted by Gasteiger charge is -2.10. The minimum Gasteiger partial charge on any atom is -0.377 e. The zero-order valence-electron chi connectivity index (χ0n) is 8.76. The van der Waals surface area contributed by atoms with Crippen molar-refractivity contribution < 1.29 is 13.5 Å². The van der Waals surface area contributed by atoms with Gasteiger partial charge in [-0.15, -0.1) is 0 Å². The van der Waals surface area contributed by atoms with Crippen LogP contribution < -0.4 is 0 Å². The summed E-state index contributed by atoms with van der Waals surface area (Å²) in [6.45, 7) is 1.85. The second-order valence-electron chi connectivity index (χ2n) is 3.54. The maximum Gasteiger partial charge on any atom is 0.180 e. The zero-order valence-corrected chi connectivity index (χ0v) is 9.57. The minimum absolute atomic E-state index is 0.0883. The molecule has 1 rings (SSSR count). The number of aliphatic hydroxyl groups excluding tert-OH is 1. The summed E-state index contributed by atoms with van der Waals surface area (Å²) >= 11 is 0. The third-order valence-corrected chi connectivity index (χ3v) is 3.96. The van der Waals surface area contributed by atoms with E-state index in [1.165, 1.54) is 0 Å². The maximum atomic E-state index is 11.6. The van der Waals surface area contributed by atoms with Crippen molar-refractivity contribution in [3.05, 3.63) is 35.9 Å². The van der Waals surface area contributed by atoms with E-state index >= 15 is 0 Å². The predicted molar refractivity (Wildman–Crippen MR) is 60.0 cm³/mol. The molecule has 1 atom stereocenters. The van der Waals surface area contributed by atoms with Gasteiger partial charge in [0.25, 0.3) is 0 Å². The Balaban J connectivity index is 2.73. The van der Waals surface area contributed by atoms with Crippen molar-refractivity contribution in [2.75, 3.05) is 0 Å². The van der Waals surface area contributed by atoms with E-state index in [-0.39, 0.29) is 5.75 Å². The number of aliphatic hydroxyl groups is 1. The molecule has 4 heteroatoms. The van der Waals surface area contributed by atoms with Gasteiger partial charge in [-0.25, -0.2) is 8.42 Å². The van der Waals surface area contributed by atoms with Crippen LogP contribution in [-0.2, 0) is 15.6 Å². The zero-order chi connectivity index (χ0) is 11.3. The highest BCUT2D eigenvalue weighted by atomic mass is 32.2. The Kier molecular flexibility index (Phi) is 4.29. The fourth-order valence-electron chi connectivity index (χ4n) is 1.33. The summed E-state index contributed by atoms with van der Waals surface area (Å²) in [6, 6.07) is 8.90. The van der Waals surface area contributed by atoms with Crippen LogP contribution in [0, 0.1) is 0 Å². The molecule has 0 bridgehead atoms. The van der Waals surface area contributed by atoms with E-state index in [0.29, 0.717) is 18.4 Å². The molecule has 0 saturated heterocycles. The molecular weight excluding hydrogens is 212 g/mol. The van der Waals surface area contributed by atoms with Gasteiger partial charge in [-0.05, 0) is 12.0 Å².